The third kappa shape index (κ3) is 4.98. The van der Waals surface area contributed by atoms with Crippen LogP contribution in [0.5, 0.6) is 11.5 Å². The van der Waals surface area contributed by atoms with Crippen molar-refractivity contribution < 1.29 is 9.47 Å². The lowest BCUT2D eigenvalue weighted by Crippen LogP contribution is -2.37. The summed E-state index contributed by atoms with van der Waals surface area (Å²) in [5, 5.41) is 3.45. The SMILES string of the molecule is COc1ccnc(CNCC(C)(C)CN(C)C)c1OC. The van der Waals surface area contributed by atoms with Gasteiger partial charge in [-0.1, -0.05) is 13.8 Å². The largest absolute Gasteiger partial charge is 0.493 e. The Kier molecular flexibility index (Phi) is 6.23. The van der Waals surface area contributed by atoms with E-state index in [1.54, 1.807) is 26.5 Å². The van der Waals surface area contributed by atoms with Gasteiger partial charge in [-0.2, -0.15) is 0 Å². The Morgan fingerprint density at radius 3 is 2.50 bits per heavy atom. The molecule has 1 aromatic rings. The second kappa shape index (κ2) is 7.45. The first-order chi connectivity index (χ1) is 9.39. The molecule has 0 aliphatic carbocycles. The predicted molar refractivity (Wildman–Crippen MR) is 81.4 cm³/mol. The molecule has 0 saturated heterocycles. The van der Waals surface area contributed by atoms with E-state index in [2.05, 4.69) is 43.1 Å². The van der Waals surface area contributed by atoms with Gasteiger partial charge >= 0.3 is 0 Å². The molecule has 0 saturated carbocycles. The van der Waals surface area contributed by atoms with Crippen LogP contribution in [0.3, 0.4) is 0 Å². The van der Waals surface area contributed by atoms with Crippen molar-refractivity contribution in [1.82, 2.24) is 15.2 Å². The van der Waals surface area contributed by atoms with E-state index in [9.17, 15) is 0 Å². The maximum atomic E-state index is 5.38. The molecule has 20 heavy (non-hydrogen) atoms. The Hall–Kier alpha value is -1.33. The number of methoxy groups -OCH3 is 2. The molecule has 1 N–H and O–H groups in total. The Morgan fingerprint density at radius 2 is 1.95 bits per heavy atom. The molecule has 0 amide bonds. The van der Waals surface area contributed by atoms with E-state index >= 15 is 0 Å². The van der Waals surface area contributed by atoms with Crippen LogP contribution in [0, 0.1) is 5.41 Å². The summed E-state index contributed by atoms with van der Waals surface area (Å²) in [7, 11) is 7.46. The molecule has 5 heteroatoms. The van der Waals surface area contributed by atoms with Crippen LogP contribution in [0.4, 0.5) is 0 Å². The van der Waals surface area contributed by atoms with Gasteiger partial charge in [0.2, 0.25) is 0 Å². The molecule has 0 radical (unpaired) electrons. The molecular weight excluding hydrogens is 254 g/mol. The molecule has 1 heterocycles. The van der Waals surface area contributed by atoms with Crippen molar-refractivity contribution in [3.8, 4) is 11.5 Å². The van der Waals surface area contributed by atoms with Gasteiger partial charge in [-0.25, -0.2) is 0 Å². The number of nitrogens with one attached hydrogen (secondary N) is 1. The van der Waals surface area contributed by atoms with Crippen molar-refractivity contribution in [1.29, 1.82) is 0 Å². The molecule has 0 spiro atoms. The fourth-order valence-electron chi connectivity index (χ4n) is 2.41. The van der Waals surface area contributed by atoms with Crippen LogP contribution in [0.25, 0.3) is 0 Å². The fourth-order valence-corrected chi connectivity index (χ4v) is 2.41. The maximum absolute atomic E-state index is 5.38. The van der Waals surface area contributed by atoms with Gasteiger partial charge in [0.1, 0.15) is 0 Å². The minimum absolute atomic E-state index is 0.204. The molecule has 0 fully saturated rings. The van der Waals surface area contributed by atoms with Gasteiger partial charge in [-0.15, -0.1) is 0 Å². The standard InChI is InChI=1S/C15H27N3O2/c1-15(2,11-18(3)4)10-16-9-12-14(20-6)13(19-5)7-8-17-12/h7-8,16H,9-11H2,1-6H3. The number of hydrogen-bond donors (Lipinski definition) is 1. The van der Waals surface area contributed by atoms with E-state index in [4.69, 9.17) is 9.47 Å². The highest BCUT2D eigenvalue weighted by Crippen LogP contribution is 2.28. The zero-order valence-corrected chi connectivity index (χ0v) is 13.5. The lowest BCUT2D eigenvalue weighted by molar-refractivity contribution is 0.231. The van der Waals surface area contributed by atoms with Crippen molar-refractivity contribution in [2.75, 3.05) is 41.4 Å². The fraction of sp³-hybridized carbons (Fsp3) is 0.667. The summed E-state index contributed by atoms with van der Waals surface area (Å²) in [6, 6.07) is 1.80. The summed E-state index contributed by atoms with van der Waals surface area (Å²) in [4.78, 5) is 6.56. The zero-order chi connectivity index (χ0) is 15.2. The van der Waals surface area contributed by atoms with Gasteiger partial charge in [0.15, 0.2) is 11.5 Å². The Labute approximate surface area is 122 Å². The summed E-state index contributed by atoms with van der Waals surface area (Å²) < 4.78 is 10.7. The molecule has 5 nitrogen and oxygen atoms in total. The lowest BCUT2D eigenvalue weighted by Gasteiger charge is -2.28. The molecule has 0 aliphatic heterocycles. The highest BCUT2D eigenvalue weighted by Gasteiger charge is 2.19. The highest BCUT2D eigenvalue weighted by atomic mass is 16.5. The molecule has 0 bridgehead atoms. The van der Waals surface area contributed by atoms with Crippen molar-refractivity contribution in [3.63, 3.8) is 0 Å². The number of ether oxygens (including phenoxy) is 2. The summed E-state index contributed by atoms with van der Waals surface area (Å²) in [6.45, 7) is 7.10. The molecule has 0 unspecified atom stereocenters. The molecule has 0 aromatic carbocycles. The van der Waals surface area contributed by atoms with Gasteiger partial charge < -0.3 is 19.7 Å². The van der Waals surface area contributed by atoms with Crippen molar-refractivity contribution in [3.05, 3.63) is 18.0 Å². The second-order valence-electron chi connectivity index (χ2n) is 6.00. The molecule has 114 valence electrons. The van der Waals surface area contributed by atoms with Crippen LogP contribution in [0.2, 0.25) is 0 Å². The Morgan fingerprint density at radius 1 is 1.25 bits per heavy atom. The van der Waals surface area contributed by atoms with E-state index in [0.29, 0.717) is 18.0 Å². The number of pyridine rings is 1. The van der Waals surface area contributed by atoms with Gasteiger partial charge in [0, 0.05) is 31.9 Å². The zero-order valence-electron chi connectivity index (χ0n) is 13.5. The minimum atomic E-state index is 0.204. The van der Waals surface area contributed by atoms with Crippen molar-refractivity contribution in [2.45, 2.75) is 20.4 Å². The first kappa shape index (κ1) is 16.7. The van der Waals surface area contributed by atoms with Crippen molar-refractivity contribution >= 4 is 0 Å². The van der Waals surface area contributed by atoms with E-state index < -0.39 is 0 Å². The summed E-state index contributed by atoms with van der Waals surface area (Å²) >= 11 is 0. The van der Waals surface area contributed by atoms with E-state index in [-0.39, 0.29) is 5.41 Å². The topological polar surface area (TPSA) is 46.6 Å². The molecule has 1 aromatic heterocycles. The van der Waals surface area contributed by atoms with Gasteiger partial charge in [0.05, 0.1) is 19.9 Å². The van der Waals surface area contributed by atoms with Gasteiger partial charge in [-0.3, -0.25) is 4.98 Å². The molecule has 0 aliphatic rings. The Balaban J connectivity index is 2.62. The van der Waals surface area contributed by atoms with Gasteiger partial charge in [-0.05, 0) is 19.5 Å². The van der Waals surface area contributed by atoms with Crippen LogP contribution in [0.1, 0.15) is 19.5 Å². The van der Waals surface area contributed by atoms with Crippen LogP contribution in [0.15, 0.2) is 12.3 Å². The van der Waals surface area contributed by atoms with E-state index in [0.717, 1.165) is 18.8 Å². The molecule has 0 atom stereocenters. The summed E-state index contributed by atoms with van der Waals surface area (Å²) in [6.07, 6.45) is 1.74. The Bertz CT molecular complexity index is 420. The highest BCUT2D eigenvalue weighted by molar-refractivity contribution is 5.42. The second-order valence-corrected chi connectivity index (χ2v) is 6.00. The lowest BCUT2D eigenvalue weighted by atomic mass is 9.93. The number of hydrogen-bond acceptors (Lipinski definition) is 5. The summed E-state index contributed by atoms with van der Waals surface area (Å²) in [5.74, 6) is 1.42. The predicted octanol–water partition coefficient (Wildman–Crippen LogP) is 1.78. The quantitative estimate of drug-likeness (QED) is 0.787. The third-order valence-electron chi connectivity index (χ3n) is 3.01. The van der Waals surface area contributed by atoms with Crippen LogP contribution in [-0.4, -0.2) is 51.3 Å². The average Bonchev–Trinajstić information content (AvgIpc) is 2.36. The van der Waals surface area contributed by atoms with Crippen LogP contribution in [-0.2, 0) is 6.54 Å². The normalized spacial score (nSPS) is 11.8. The number of aromatic nitrogens is 1. The first-order valence-corrected chi connectivity index (χ1v) is 6.81. The van der Waals surface area contributed by atoms with E-state index in [1.165, 1.54) is 0 Å². The molecule has 1 rings (SSSR count). The third-order valence-corrected chi connectivity index (χ3v) is 3.01. The first-order valence-electron chi connectivity index (χ1n) is 6.81. The van der Waals surface area contributed by atoms with E-state index in [1.807, 2.05) is 0 Å². The van der Waals surface area contributed by atoms with Gasteiger partial charge in [0.25, 0.3) is 0 Å². The minimum Gasteiger partial charge on any atom is -0.493 e. The number of nitrogens with zero attached hydrogens (tertiary/aromatic N) is 2. The van der Waals surface area contributed by atoms with Crippen LogP contribution >= 0.6 is 0 Å². The smallest absolute Gasteiger partial charge is 0.183 e. The number of rotatable bonds is 8. The monoisotopic (exact) mass is 281 g/mol. The molecular formula is C15H27N3O2. The van der Waals surface area contributed by atoms with Crippen molar-refractivity contribution in [2.24, 2.45) is 5.41 Å². The van der Waals surface area contributed by atoms with Crippen LogP contribution < -0.4 is 14.8 Å². The summed E-state index contributed by atoms with van der Waals surface area (Å²) in [5.41, 5.74) is 1.07. The average molecular weight is 281 g/mol. The maximum Gasteiger partial charge on any atom is 0.183 e.